The quantitative estimate of drug-likeness (QED) is 0.769. The van der Waals surface area contributed by atoms with Gasteiger partial charge in [0.05, 0.1) is 10.6 Å². The Morgan fingerprint density at radius 3 is 2.12 bits per heavy atom. The van der Waals surface area contributed by atoms with Gasteiger partial charge in [0.1, 0.15) is 0 Å². The Balaban J connectivity index is 2.50. The van der Waals surface area contributed by atoms with Crippen molar-refractivity contribution in [3.8, 4) is 5.69 Å². The van der Waals surface area contributed by atoms with Crippen molar-refractivity contribution in [3.05, 3.63) is 47.1 Å². The van der Waals surface area contributed by atoms with Gasteiger partial charge in [-0.05, 0) is 24.3 Å². The maximum atomic E-state index is 11.6. The molecule has 17 heavy (non-hydrogen) atoms. The number of aromatic nitrogens is 2. The smallest absolute Gasteiger partial charge is 0.302 e. The van der Waals surface area contributed by atoms with Crippen molar-refractivity contribution in [2.45, 2.75) is 4.90 Å². The second kappa shape index (κ2) is 4.05. The number of benzene rings is 1. The van der Waals surface area contributed by atoms with E-state index in [0.717, 1.165) is 0 Å². The van der Waals surface area contributed by atoms with Gasteiger partial charge in [-0.15, -0.1) is 0 Å². The molecule has 0 saturated heterocycles. The Hall–Kier alpha value is -1.53. The zero-order chi connectivity index (χ0) is 12.6. The van der Waals surface area contributed by atoms with Crippen LogP contribution in [0.3, 0.4) is 0 Å². The molecule has 0 atom stereocenters. The first kappa shape index (κ1) is 11.9. The third-order valence-electron chi connectivity index (χ3n) is 2.34. The molecule has 90 valence electrons. The van der Waals surface area contributed by atoms with Crippen LogP contribution in [0.1, 0.15) is 0 Å². The fraction of sp³-hybridized carbons (Fsp3) is 0.100. The molecule has 0 fully saturated rings. The molecule has 0 aliphatic carbocycles. The maximum Gasteiger partial charge on any atom is 0.332 e. The summed E-state index contributed by atoms with van der Waals surface area (Å²) in [6.45, 7) is 0. The van der Waals surface area contributed by atoms with Crippen LogP contribution in [-0.4, -0.2) is 17.6 Å². The van der Waals surface area contributed by atoms with Gasteiger partial charge in [0.15, 0.2) is 0 Å². The van der Waals surface area contributed by atoms with Crippen molar-refractivity contribution in [1.29, 1.82) is 0 Å². The summed E-state index contributed by atoms with van der Waals surface area (Å²) in [6.07, 6.45) is 3.22. The van der Waals surface area contributed by atoms with Crippen LogP contribution >= 0.6 is 10.7 Å². The molecule has 0 aliphatic rings. The van der Waals surface area contributed by atoms with Gasteiger partial charge in [0, 0.05) is 30.1 Å². The lowest BCUT2D eigenvalue weighted by Crippen LogP contribution is -2.20. The average Bonchev–Trinajstić information content (AvgIpc) is 2.59. The minimum Gasteiger partial charge on any atom is -0.302 e. The van der Waals surface area contributed by atoms with Crippen LogP contribution in [0.5, 0.6) is 0 Å². The van der Waals surface area contributed by atoms with Crippen LogP contribution in [0, 0.1) is 0 Å². The molecule has 1 aromatic heterocycles. The van der Waals surface area contributed by atoms with Crippen molar-refractivity contribution in [2.75, 3.05) is 0 Å². The Kier molecular flexibility index (Phi) is 2.84. The van der Waals surface area contributed by atoms with Gasteiger partial charge in [0.25, 0.3) is 9.05 Å². The molecule has 0 amide bonds. The molecule has 0 spiro atoms. The predicted octanol–water partition coefficient (Wildman–Crippen LogP) is 1.10. The lowest BCUT2D eigenvalue weighted by atomic mass is 10.3. The predicted molar refractivity (Wildman–Crippen MR) is 64.0 cm³/mol. The van der Waals surface area contributed by atoms with Crippen molar-refractivity contribution in [1.82, 2.24) is 9.13 Å². The highest BCUT2D eigenvalue weighted by Crippen LogP contribution is 2.16. The molecule has 0 aliphatic heterocycles. The Labute approximate surface area is 102 Å². The van der Waals surface area contributed by atoms with Crippen LogP contribution in [0.2, 0.25) is 0 Å². The highest BCUT2D eigenvalue weighted by atomic mass is 35.7. The second-order valence-corrected chi connectivity index (χ2v) is 6.06. The van der Waals surface area contributed by atoms with Gasteiger partial charge in [-0.1, -0.05) is 0 Å². The van der Waals surface area contributed by atoms with Crippen LogP contribution in [0.4, 0.5) is 0 Å². The van der Waals surface area contributed by atoms with Crippen LogP contribution in [0.25, 0.3) is 5.69 Å². The molecule has 1 aromatic carbocycles. The van der Waals surface area contributed by atoms with E-state index >= 15 is 0 Å². The molecule has 2 aromatic rings. The van der Waals surface area contributed by atoms with E-state index in [0.29, 0.717) is 5.69 Å². The highest BCUT2D eigenvalue weighted by molar-refractivity contribution is 8.13. The average molecular weight is 273 g/mol. The van der Waals surface area contributed by atoms with Gasteiger partial charge in [0.2, 0.25) is 0 Å². The minimum atomic E-state index is -3.73. The minimum absolute atomic E-state index is 0.00639. The first-order chi connectivity index (χ1) is 7.89. The third-order valence-corrected chi connectivity index (χ3v) is 3.71. The standard InChI is InChI=1S/C10H9ClN2O3S/c1-12-6-7-13(10(12)14)8-2-4-9(5-3-8)17(11,15)16/h2-7H,1H3. The normalized spacial score (nSPS) is 11.6. The van der Waals surface area contributed by atoms with E-state index in [9.17, 15) is 13.2 Å². The van der Waals surface area contributed by atoms with Crippen molar-refractivity contribution in [3.63, 3.8) is 0 Å². The molecule has 2 rings (SSSR count). The zero-order valence-corrected chi connectivity index (χ0v) is 10.4. The number of hydrogen-bond acceptors (Lipinski definition) is 3. The van der Waals surface area contributed by atoms with Gasteiger partial charge >= 0.3 is 5.69 Å². The summed E-state index contributed by atoms with van der Waals surface area (Å²) in [6, 6.07) is 5.77. The second-order valence-electron chi connectivity index (χ2n) is 3.49. The first-order valence-corrected chi connectivity index (χ1v) is 6.99. The molecule has 0 bridgehead atoms. The van der Waals surface area contributed by atoms with E-state index in [2.05, 4.69) is 0 Å². The molecule has 7 heteroatoms. The van der Waals surface area contributed by atoms with E-state index in [1.165, 1.54) is 33.4 Å². The fourth-order valence-electron chi connectivity index (χ4n) is 1.43. The van der Waals surface area contributed by atoms with Crippen LogP contribution < -0.4 is 5.69 Å². The van der Waals surface area contributed by atoms with E-state index in [-0.39, 0.29) is 10.6 Å². The van der Waals surface area contributed by atoms with Crippen LogP contribution in [0.15, 0.2) is 46.3 Å². The third kappa shape index (κ3) is 2.27. The summed E-state index contributed by atoms with van der Waals surface area (Å²) < 4.78 is 24.9. The number of halogens is 1. The molecular weight excluding hydrogens is 264 g/mol. The maximum absolute atomic E-state index is 11.6. The number of imidazole rings is 1. The summed E-state index contributed by atoms with van der Waals surface area (Å²) in [5.74, 6) is 0. The lowest BCUT2D eigenvalue weighted by Gasteiger charge is -2.01. The summed E-state index contributed by atoms with van der Waals surface area (Å²) in [5, 5.41) is 0. The Morgan fingerprint density at radius 2 is 1.71 bits per heavy atom. The van der Waals surface area contributed by atoms with Crippen LogP contribution in [-0.2, 0) is 16.1 Å². The van der Waals surface area contributed by atoms with Crippen molar-refractivity contribution < 1.29 is 8.42 Å². The van der Waals surface area contributed by atoms with Crippen molar-refractivity contribution in [2.24, 2.45) is 7.05 Å². The van der Waals surface area contributed by atoms with E-state index in [1.807, 2.05) is 0 Å². The molecule has 0 unspecified atom stereocenters. The highest BCUT2D eigenvalue weighted by Gasteiger charge is 2.10. The Bertz CT molecular complexity index is 698. The summed E-state index contributed by atoms with van der Waals surface area (Å²) in [7, 11) is 3.10. The van der Waals surface area contributed by atoms with Gasteiger partial charge in [-0.2, -0.15) is 0 Å². The van der Waals surface area contributed by atoms with Gasteiger partial charge in [-0.25, -0.2) is 13.2 Å². The largest absolute Gasteiger partial charge is 0.332 e. The van der Waals surface area contributed by atoms with E-state index in [1.54, 1.807) is 19.4 Å². The number of aryl methyl sites for hydroxylation is 1. The molecule has 0 radical (unpaired) electrons. The number of nitrogens with zero attached hydrogens (tertiary/aromatic N) is 2. The summed E-state index contributed by atoms with van der Waals surface area (Å²) >= 11 is 0. The van der Waals surface area contributed by atoms with Gasteiger partial charge < -0.3 is 4.57 Å². The molecule has 1 heterocycles. The molecule has 0 saturated carbocycles. The fourth-order valence-corrected chi connectivity index (χ4v) is 2.20. The lowest BCUT2D eigenvalue weighted by molar-refractivity contribution is 0.609. The topological polar surface area (TPSA) is 61.1 Å². The monoisotopic (exact) mass is 272 g/mol. The zero-order valence-electron chi connectivity index (χ0n) is 8.87. The van der Waals surface area contributed by atoms with E-state index < -0.39 is 9.05 Å². The number of hydrogen-bond donors (Lipinski definition) is 0. The summed E-state index contributed by atoms with van der Waals surface area (Å²) in [5.41, 5.74) is 0.381. The first-order valence-electron chi connectivity index (χ1n) is 4.69. The van der Waals surface area contributed by atoms with Crippen molar-refractivity contribution >= 4 is 19.7 Å². The SMILES string of the molecule is Cn1ccn(-c2ccc(S(=O)(=O)Cl)cc2)c1=O. The summed E-state index contributed by atoms with van der Waals surface area (Å²) in [4.78, 5) is 11.6. The Morgan fingerprint density at radius 1 is 1.12 bits per heavy atom. The number of rotatable bonds is 2. The molecule has 5 nitrogen and oxygen atoms in total. The van der Waals surface area contributed by atoms with E-state index in [4.69, 9.17) is 10.7 Å². The molecule has 0 N–H and O–H groups in total. The van der Waals surface area contributed by atoms with Gasteiger partial charge in [-0.3, -0.25) is 4.57 Å². The molecular formula is C10H9ClN2O3S.